The molecule has 1 heterocycles. The lowest BCUT2D eigenvalue weighted by molar-refractivity contribution is -0.764. The average Bonchev–Trinajstić information content (AvgIpc) is 2.18. The van der Waals surface area contributed by atoms with Crippen molar-refractivity contribution >= 4 is 5.91 Å². The van der Waals surface area contributed by atoms with Gasteiger partial charge in [-0.05, 0) is 12.1 Å². The van der Waals surface area contributed by atoms with Crippen molar-refractivity contribution in [2.45, 2.75) is 6.23 Å². The van der Waals surface area contributed by atoms with Crippen LogP contribution in [-0.4, -0.2) is 17.2 Å². The predicted octanol–water partition coefficient (Wildman–Crippen LogP) is -1.000. The van der Waals surface area contributed by atoms with Gasteiger partial charge in [-0.15, -0.1) is 10.1 Å². The smallest absolute Gasteiger partial charge is 0.277 e. The summed E-state index contributed by atoms with van der Waals surface area (Å²) in [6.07, 6.45) is -1.48. The van der Waals surface area contributed by atoms with Crippen LogP contribution >= 0.6 is 0 Å². The van der Waals surface area contributed by atoms with Crippen LogP contribution in [0.25, 0.3) is 0 Å². The maximum Gasteiger partial charge on any atom is 0.297 e. The quantitative estimate of drug-likeness (QED) is 0.459. The molecule has 0 N–H and O–H groups in total. The van der Waals surface area contributed by atoms with Gasteiger partial charge >= 0.3 is 0 Å². The number of fused-ring (bicyclic) bond motifs is 1. The highest BCUT2D eigenvalue weighted by molar-refractivity contribution is 5.81. The SMILES string of the molecule is O=C1N=c2ccccc2=NC1O[N+](=O)[O-]. The summed E-state index contributed by atoms with van der Waals surface area (Å²) in [5.41, 5.74) is 0. The third kappa shape index (κ3) is 1.80. The Labute approximate surface area is 82.8 Å². The number of nitrogens with zero attached hydrogens (tertiary/aromatic N) is 3. The number of carbonyl (C=O) groups is 1. The monoisotopic (exact) mass is 207 g/mol. The minimum atomic E-state index is -1.48. The third-order valence-corrected chi connectivity index (χ3v) is 1.77. The first-order valence-corrected chi connectivity index (χ1v) is 4.03. The van der Waals surface area contributed by atoms with Gasteiger partial charge in [0.05, 0.1) is 10.7 Å². The topological polar surface area (TPSA) is 94.2 Å². The molecule has 0 fully saturated rings. The van der Waals surface area contributed by atoms with Gasteiger partial charge in [0.25, 0.3) is 17.2 Å². The Kier molecular flexibility index (Phi) is 2.13. The molecule has 1 amide bonds. The molecule has 15 heavy (non-hydrogen) atoms. The molecule has 0 bridgehead atoms. The normalized spacial score (nSPS) is 18.4. The van der Waals surface area contributed by atoms with Crippen molar-refractivity contribution in [3.63, 3.8) is 0 Å². The number of rotatable bonds is 2. The zero-order valence-electron chi connectivity index (χ0n) is 7.36. The predicted molar refractivity (Wildman–Crippen MR) is 45.6 cm³/mol. The molecule has 7 nitrogen and oxygen atoms in total. The third-order valence-electron chi connectivity index (χ3n) is 1.77. The van der Waals surface area contributed by atoms with Gasteiger partial charge in [0.2, 0.25) is 0 Å². The van der Waals surface area contributed by atoms with Crippen molar-refractivity contribution in [3.05, 3.63) is 45.1 Å². The van der Waals surface area contributed by atoms with Crippen molar-refractivity contribution in [3.8, 4) is 0 Å². The fourth-order valence-corrected chi connectivity index (χ4v) is 1.17. The van der Waals surface area contributed by atoms with Gasteiger partial charge in [-0.2, -0.15) is 0 Å². The molecule has 1 aromatic rings. The van der Waals surface area contributed by atoms with Crippen molar-refractivity contribution in [1.82, 2.24) is 0 Å². The van der Waals surface area contributed by atoms with E-state index < -0.39 is 17.2 Å². The first-order chi connectivity index (χ1) is 7.16. The second kappa shape index (κ2) is 3.45. The van der Waals surface area contributed by atoms with Crippen LogP contribution in [0.2, 0.25) is 0 Å². The molecule has 7 heteroatoms. The first-order valence-electron chi connectivity index (χ1n) is 4.03. The van der Waals surface area contributed by atoms with E-state index in [1.165, 1.54) is 0 Å². The van der Waals surface area contributed by atoms with Gasteiger partial charge in [-0.25, -0.2) is 9.98 Å². The Balaban J connectivity index is 2.47. The van der Waals surface area contributed by atoms with Crippen LogP contribution in [0.15, 0.2) is 34.3 Å². The molecule has 1 aromatic carbocycles. The first kappa shape index (κ1) is 9.25. The van der Waals surface area contributed by atoms with Crippen molar-refractivity contribution in [2.75, 3.05) is 0 Å². The van der Waals surface area contributed by atoms with E-state index in [0.717, 1.165) is 0 Å². The maximum atomic E-state index is 11.2. The Morgan fingerprint density at radius 3 is 2.67 bits per heavy atom. The zero-order valence-corrected chi connectivity index (χ0v) is 7.36. The summed E-state index contributed by atoms with van der Waals surface area (Å²) in [7, 11) is 0. The lowest BCUT2D eigenvalue weighted by Crippen LogP contribution is -2.38. The maximum absolute atomic E-state index is 11.2. The van der Waals surface area contributed by atoms with Crippen molar-refractivity contribution in [1.29, 1.82) is 0 Å². The largest absolute Gasteiger partial charge is 0.297 e. The minimum Gasteiger partial charge on any atom is -0.277 e. The van der Waals surface area contributed by atoms with Crippen LogP contribution in [-0.2, 0) is 9.63 Å². The molecule has 1 aliphatic heterocycles. The number of amides is 1. The van der Waals surface area contributed by atoms with Crippen molar-refractivity contribution < 1.29 is 14.7 Å². The Morgan fingerprint density at radius 2 is 2.00 bits per heavy atom. The Morgan fingerprint density at radius 1 is 1.33 bits per heavy atom. The summed E-state index contributed by atoms with van der Waals surface area (Å²) < 4.78 is 0. The Bertz CT molecular complexity index is 539. The highest BCUT2D eigenvalue weighted by Gasteiger charge is 2.23. The molecule has 0 saturated carbocycles. The Hall–Kier alpha value is -2.31. The van der Waals surface area contributed by atoms with E-state index in [0.29, 0.717) is 10.7 Å². The average molecular weight is 207 g/mol. The van der Waals surface area contributed by atoms with Gasteiger partial charge in [-0.1, -0.05) is 12.1 Å². The summed E-state index contributed by atoms with van der Waals surface area (Å²) >= 11 is 0. The number of hydrogen-bond acceptors (Lipinski definition) is 5. The zero-order chi connectivity index (χ0) is 10.8. The van der Waals surface area contributed by atoms with E-state index in [-0.39, 0.29) is 0 Å². The number of para-hydroxylation sites is 2. The van der Waals surface area contributed by atoms with E-state index in [9.17, 15) is 14.9 Å². The number of benzene rings is 1. The number of hydrogen-bond donors (Lipinski definition) is 0. The molecule has 2 rings (SSSR count). The molecule has 0 saturated heterocycles. The molecular formula is C8H5N3O4. The summed E-state index contributed by atoms with van der Waals surface area (Å²) in [6.45, 7) is 0. The van der Waals surface area contributed by atoms with Gasteiger partial charge < -0.3 is 0 Å². The van der Waals surface area contributed by atoms with Crippen LogP contribution in [0.4, 0.5) is 0 Å². The molecule has 1 unspecified atom stereocenters. The molecule has 0 radical (unpaired) electrons. The second-order valence-corrected chi connectivity index (χ2v) is 2.75. The molecule has 76 valence electrons. The molecule has 0 aromatic heterocycles. The highest BCUT2D eigenvalue weighted by Crippen LogP contribution is 1.98. The number of carbonyl (C=O) groups excluding carboxylic acids is 1. The van der Waals surface area contributed by atoms with Gasteiger partial charge in [-0.3, -0.25) is 9.63 Å². The molecule has 0 spiro atoms. The second-order valence-electron chi connectivity index (χ2n) is 2.75. The van der Waals surface area contributed by atoms with E-state index in [4.69, 9.17) is 0 Å². The summed E-state index contributed by atoms with van der Waals surface area (Å²) in [5, 5.41) is 9.80. The molecule has 1 atom stereocenters. The standard InChI is InChI=1S/C8H5N3O4/c12-7-8(15-11(13)14)10-6-4-2-1-3-5(6)9-7/h1-4,8H. The van der Waals surface area contributed by atoms with Crippen LogP contribution in [0, 0.1) is 10.1 Å². The lowest BCUT2D eigenvalue weighted by atomic mass is 10.3. The van der Waals surface area contributed by atoms with E-state index >= 15 is 0 Å². The summed E-state index contributed by atoms with van der Waals surface area (Å²) in [6, 6.07) is 6.58. The van der Waals surface area contributed by atoms with Gasteiger partial charge in [0.15, 0.2) is 0 Å². The van der Waals surface area contributed by atoms with E-state index in [1.807, 2.05) is 0 Å². The van der Waals surface area contributed by atoms with Crippen LogP contribution < -0.4 is 10.7 Å². The van der Waals surface area contributed by atoms with Gasteiger partial charge in [0.1, 0.15) is 0 Å². The summed E-state index contributed by atoms with van der Waals surface area (Å²) in [4.78, 5) is 32.7. The lowest BCUT2D eigenvalue weighted by Gasteiger charge is -2.08. The highest BCUT2D eigenvalue weighted by atomic mass is 17.0. The fraction of sp³-hybridized carbons (Fsp3) is 0.125. The minimum absolute atomic E-state index is 0.394. The van der Waals surface area contributed by atoms with Crippen molar-refractivity contribution in [2.24, 2.45) is 9.98 Å². The summed E-state index contributed by atoms with van der Waals surface area (Å²) in [5.74, 6) is -0.773. The van der Waals surface area contributed by atoms with Crippen LogP contribution in [0.5, 0.6) is 0 Å². The van der Waals surface area contributed by atoms with Gasteiger partial charge in [0, 0.05) is 0 Å². The molecular weight excluding hydrogens is 202 g/mol. The van der Waals surface area contributed by atoms with Crippen LogP contribution in [0.1, 0.15) is 0 Å². The molecule has 1 aliphatic rings. The van der Waals surface area contributed by atoms with Crippen LogP contribution in [0.3, 0.4) is 0 Å². The molecule has 0 aliphatic carbocycles. The van der Waals surface area contributed by atoms with E-state index in [2.05, 4.69) is 14.8 Å². The van der Waals surface area contributed by atoms with E-state index in [1.54, 1.807) is 24.3 Å². The fourth-order valence-electron chi connectivity index (χ4n) is 1.17.